The SMILES string of the molecule is COCCNCC(=O)NCC(O)c1cccc(F)c1.Cl. The average molecular weight is 307 g/mol. The van der Waals surface area contributed by atoms with Crippen LogP contribution in [0.15, 0.2) is 24.3 Å². The van der Waals surface area contributed by atoms with Crippen molar-refractivity contribution in [3.05, 3.63) is 35.6 Å². The fourth-order valence-corrected chi connectivity index (χ4v) is 1.48. The van der Waals surface area contributed by atoms with Crippen molar-refractivity contribution in [1.29, 1.82) is 0 Å². The van der Waals surface area contributed by atoms with Gasteiger partial charge in [0.15, 0.2) is 0 Å². The molecule has 5 nitrogen and oxygen atoms in total. The molecule has 0 aliphatic carbocycles. The van der Waals surface area contributed by atoms with Crippen LogP contribution in [0.3, 0.4) is 0 Å². The Balaban J connectivity index is 0.00000361. The molecule has 0 radical (unpaired) electrons. The van der Waals surface area contributed by atoms with Gasteiger partial charge in [-0.1, -0.05) is 12.1 Å². The van der Waals surface area contributed by atoms with Gasteiger partial charge in [-0.25, -0.2) is 4.39 Å². The zero-order valence-electron chi connectivity index (χ0n) is 11.3. The van der Waals surface area contributed by atoms with Crippen LogP contribution in [-0.2, 0) is 9.53 Å². The zero-order chi connectivity index (χ0) is 14.1. The third kappa shape index (κ3) is 7.40. The first-order valence-corrected chi connectivity index (χ1v) is 6.03. The molecule has 1 amide bonds. The Morgan fingerprint density at radius 2 is 2.25 bits per heavy atom. The van der Waals surface area contributed by atoms with Gasteiger partial charge in [0, 0.05) is 20.2 Å². The summed E-state index contributed by atoms with van der Waals surface area (Å²) in [5.74, 6) is -0.643. The van der Waals surface area contributed by atoms with Gasteiger partial charge in [0.05, 0.1) is 19.3 Å². The van der Waals surface area contributed by atoms with Gasteiger partial charge in [0.1, 0.15) is 5.82 Å². The number of carbonyl (C=O) groups excluding carboxylic acids is 1. The molecule has 0 aliphatic heterocycles. The molecule has 20 heavy (non-hydrogen) atoms. The largest absolute Gasteiger partial charge is 0.387 e. The van der Waals surface area contributed by atoms with E-state index in [9.17, 15) is 14.3 Å². The summed E-state index contributed by atoms with van der Waals surface area (Å²) in [5.41, 5.74) is 0.438. The van der Waals surface area contributed by atoms with E-state index in [4.69, 9.17) is 4.74 Å². The normalized spacial score (nSPS) is 11.6. The lowest BCUT2D eigenvalue weighted by atomic mass is 10.1. The molecule has 0 spiro atoms. The molecular formula is C13H20ClFN2O3. The van der Waals surface area contributed by atoms with Gasteiger partial charge < -0.3 is 20.5 Å². The van der Waals surface area contributed by atoms with Crippen LogP contribution >= 0.6 is 12.4 Å². The molecular weight excluding hydrogens is 287 g/mol. The standard InChI is InChI=1S/C13H19FN2O3.ClH/c1-19-6-5-15-9-13(18)16-8-12(17)10-3-2-4-11(14)7-10;/h2-4,7,12,15,17H,5-6,8-9H2,1H3,(H,16,18);1H. The van der Waals surface area contributed by atoms with Gasteiger partial charge in [-0.2, -0.15) is 0 Å². The maximum absolute atomic E-state index is 12.9. The van der Waals surface area contributed by atoms with E-state index in [0.29, 0.717) is 18.7 Å². The van der Waals surface area contributed by atoms with Crippen LogP contribution in [-0.4, -0.2) is 44.4 Å². The Hall–Kier alpha value is -1.21. The van der Waals surface area contributed by atoms with Crippen LogP contribution in [0.2, 0.25) is 0 Å². The molecule has 1 rings (SSSR count). The highest BCUT2D eigenvalue weighted by Gasteiger charge is 2.09. The van der Waals surface area contributed by atoms with E-state index in [-0.39, 0.29) is 31.4 Å². The summed E-state index contributed by atoms with van der Waals surface area (Å²) < 4.78 is 17.8. The molecule has 1 unspecified atom stereocenters. The number of hydrogen-bond donors (Lipinski definition) is 3. The van der Waals surface area contributed by atoms with Crippen molar-refractivity contribution in [1.82, 2.24) is 10.6 Å². The number of nitrogens with one attached hydrogen (secondary N) is 2. The summed E-state index contributed by atoms with van der Waals surface area (Å²) in [6, 6.07) is 5.67. The van der Waals surface area contributed by atoms with Crippen molar-refractivity contribution in [2.75, 3.05) is 33.4 Å². The highest BCUT2D eigenvalue weighted by atomic mass is 35.5. The molecule has 0 aromatic heterocycles. The number of aliphatic hydroxyl groups excluding tert-OH is 1. The lowest BCUT2D eigenvalue weighted by molar-refractivity contribution is -0.120. The van der Waals surface area contributed by atoms with Crippen LogP contribution in [0.1, 0.15) is 11.7 Å². The van der Waals surface area contributed by atoms with Gasteiger partial charge >= 0.3 is 0 Å². The molecule has 0 bridgehead atoms. The van der Waals surface area contributed by atoms with E-state index < -0.39 is 11.9 Å². The molecule has 114 valence electrons. The van der Waals surface area contributed by atoms with Crippen LogP contribution in [0.25, 0.3) is 0 Å². The summed E-state index contributed by atoms with van der Waals surface area (Å²) in [5, 5.41) is 15.2. The van der Waals surface area contributed by atoms with Crippen molar-refractivity contribution in [2.24, 2.45) is 0 Å². The number of hydrogen-bond acceptors (Lipinski definition) is 4. The van der Waals surface area contributed by atoms with Crippen molar-refractivity contribution >= 4 is 18.3 Å². The maximum atomic E-state index is 12.9. The van der Waals surface area contributed by atoms with Crippen molar-refractivity contribution in [2.45, 2.75) is 6.10 Å². The van der Waals surface area contributed by atoms with E-state index in [1.165, 1.54) is 18.2 Å². The third-order valence-corrected chi connectivity index (χ3v) is 2.49. The van der Waals surface area contributed by atoms with E-state index in [1.807, 2.05) is 0 Å². The fourth-order valence-electron chi connectivity index (χ4n) is 1.48. The minimum Gasteiger partial charge on any atom is -0.387 e. The number of methoxy groups -OCH3 is 1. The van der Waals surface area contributed by atoms with Crippen LogP contribution < -0.4 is 10.6 Å². The van der Waals surface area contributed by atoms with E-state index >= 15 is 0 Å². The molecule has 0 fully saturated rings. The first kappa shape index (κ1) is 18.8. The monoisotopic (exact) mass is 306 g/mol. The summed E-state index contributed by atoms with van der Waals surface area (Å²) in [7, 11) is 1.58. The number of benzene rings is 1. The Bertz CT molecular complexity index is 407. The summed E-state index contributed by atoms with van der Waals surface area (Å²) in [4.78, 5) is 11.4. The number of amides is 1. The fraction of sp³-hybridized carbons (Fsp3) is 0.462. The Morgan fingerprint density at radius 3 is 2.90 bits per heavy atom. The van der Waals surface area contributed by atoms with Gasteiger partial charge in [-0.3, -0.25) is 4.79 Å². The minimum absolute atomic E-state index is 0. The molecule has 3 N–H and O–H groups in total. The lowest BCUT2D eigenvalue weighted by Gasteiger charge is -2.12. The quantitative estimate of drug-likeness (QED) is 0.616. The summed E-state index contributed by atoms with van der Waals surface area (Å²) in [6.07, 6.45) is -0.918. The third-order valence-electron chi connectivity index (χ3n) is 2.49. The van der Waals surface area contributed by atoms with Crippen molar-refractivity contribution in [3.63, 3.8) is 0 Å². The molecule has 1 aromatic rings. The predicted octanol–water partition coefficient (Wildman–Crippen LogP) is 0.633. The Morgan fingerprint density at radius 1 is 1.50 bits per heavy atom. The maximum Gasteiger partial charge on any atom is 0.234 e. The average Bonchev–Trinajstić information content (AvgIpc) is 2.41. The van der Waals surface area contributed by atoms with Crippen molar-refractivity contribution < 1.29 is 19.0 Å². The predicted molar refractivity (Wildman–Crippen MR) is 76.4 cm³/mol. The number of rotatable bonds is 8. The van der Waals surface area contributed by atoms with Crippen LogP contribution in [0.5, 0.6) is 0 Å². The van der Waals surface area contributed by atoms with Gasteiger partial charge in [-0.05, 0) is 17.7 Å². The molecule has 1 aromatic carbocycles. The van der Waals surface area contributed by atoms with Gasteiger partial charge in [-0.15, -0.1) is 12.4 Å². The van der Waals surface area contributed by atoms with E-state index in [1.54, 1.807) is 13.2 Å². The highest BCUT2D eigenvalue weighted by Crippen LogP contribution is 2.12. The summed E-state index contributed by atoms with van der Waals surface area (Å²) in [6.45, 7) is 1.31. The van der Waals surface area contributed by atoms with Gasteiger partial charge in [0.25, 0.3) is 0 Å². The van der Waals surface area contributed by atoms with E-state index in [2.05, 4.69) is 10.6 Å². The topological polar surface area (TPSA) is 70.6 Å². The molecule has 0 heterocycles. The van der Waals surface area contributed by atoms with E-state index in [0.717, 1.165) is 0 Å². The molecule has 7 heteroatoms. The molecule has 0 saturated carbocycles. The smallest absolute Gasteiger partial charge is 0.234 e. The second kappa shape index (κ2) is 10.6. The number of aliphatic hydroxyl groups is 1. The Labute approximate surface area is 123 Å². The number of halogens is 2. The molecule has 0 saturated heterocycles. The second-order valence-corrected chi connectivity index (χ2v) is 4.04. The number of ether oxygens (including phenoxy) is 1. The molecule has 1 atom stereocenters. The minimum atomic E-state index is -0.918. The van der Waals surface area contributed by atoms with Crippen LogP contribution in [0, 0.1) is 5.82 Å². The van der Waals surface area contributed by atoms with Gasteiger partial charge in [0.2, 0.25) is 5.91 Å². The van der Waals surface area contributed by atoms with Crippen molar-refractivity contribution in [3.8, 4) is 0 Å². The Kier molecular flexibility index (Phi) is 9.92. The number of carbonyl (C=O) groups is 1. The summed E-state index contributed by atoms with van der Waals surface area (Å²) >= 11 is 0. The first-order chi connectivity index (χ1) is 9.13. The lowest BCUT2D eigenvalue weighted by Crippen LogP contribution is -2.37. The van der Waals surface area contributed by atoms with Crippen LogP contribution in [0.4, 0.5) is 4.39 Å². The highest BCUT2D eigenvalue weighted by molar-refractivity contribution is 5.85. The first-order valence-electron chi connectivity index (χ1n) is 6.03. The molecule has 0 aliphatic rings. The second-order valence-electron chi connectivity index (χ2n) is 4.04. The zero-order valence-corrected chi connectivity index (χ0v) is 12.1.